The third kappa shape index (κ3) is 2.26. The maximum absolute atomic E-state index is 5.53. The van der Waals surface area contributed by atoms with Crippen molar-refractivity contribution in [3.05, 3.63) is 11.6 Å². The molecule has 1 aromatic heterocycles. The van der Waals surface area contributed by atoms with Crippen LogP contribution in [0.3, 0.4) is 0 Å². The van der Waals surface area contributed by atoms with Crippen molar-refractivity contribution < 1.29 is 4.74 Å². The van der Waals surface area contributed by atoms with Gasteiger partial charge < -0.3 is 15.0 Å². The van der Waals surface area contributed by atoms with E-state index in [2.05, 4.69) is 17.1 Å². The van der Waals surface area contributed by atoms with Gasteiger partial charge in [0, 0.05) is 13.7 Å². The first kappa shape index (κ1) is 10.1. The highest BCUT2D eigenvalue weighted by Gasteiger charge is 2.08. The summed E-state index contributed by atoms with van der Waals surface area (Å²) in [5.74, 6) is 1.68. The Morgan fingerprint density at radius 2 is 2.08 bits per heavy atom. The SMILES string of the molecule is CCCn1c(CN)nnc1COC. The smallest absolute Gasteiger partial charge is 0.159 e. The summed E-state index contributed by atoms with van der Waals surface area (Å²) in [5, 5.41) is 7.98. The van der Waals surface area contributed by atoms with E-state index in [0.29, 0.717) is 13.2 Å². The van der Waals surface area contributed by atoms with Crippen LogP contribution < -0.4 is 5.73 Å². The molecule has 0 fully saturated rings. The van der Waals surface area contributed by atoms with Gasteiger partial charge in [0.25, 0.3) is 0 Å². The van der Waals surface area contributed by atoms with E-state index in [0.717, 1.165) is 24.6 Å². The molecule has 0 spiro atoms. The summed E-state index contributed by atoms with van der Waals surface area (Å²) in [5.41, 5.74) is 5.53. The van der Waals surface area contributed by atoms with Crippen molar-refractivity contribution >= 4 is 0 Å². The minimum atomic E-state index is 0.427. The molecule has 0 aliphatic heterocycles. The van der Waals surface area contributed by atoms with Crippen LogP contribution in [0, 0.1) is 0 Å². The molecule has 0 aromatic carbocycles. The second-order valence-corrected chi connectivity index (χ2v) is 2.82. The lowest BCUT2D eigenvalue weighted by Crippen LogP contribution is -2.11. The maximum atomic E-state index is 5.53. The fourth-order valence-electron chi connectivity index (χ4n) is 1.24. The Morgan fingerprint density at radius 3 is 2.62 bits per heavy atom. The molecule has 0 amide bonds. The van der Waals surface area contributed by atoms with E-state index in [4.69, 9.17) is 10.5 Å². The van der Waals surface area contributed by atoms with Gasteiger partial charge in [-0.3, -0.25) is 0 Å². The lowest BCUT2D eigenvalue weighted by atomic mass is 10.4. The van der Waals surface area contributed by atoms with Crippen molar-refractivity contribution in [2.75, 3.05) is 7.11 Å². The van der Waals surface area contributed by atoms with E-state index in [-0.39, 0.29) is 0 Å². The Morgan fingerprint density at radius 1 is 1.38 bits per heavy atom. The third-order valence-electron chi connectivity index (χ3n) is 1.81. The monoisotopic (exact) mass is 184 g/mol. The van der Waals surface area contributed by atoms with Crippen molar-refractivity contribution in [2.45, 2.75) is 33.0 Å². The normalized spacial score (nSPS) is 10.7. The molecule has 1 rings (SSSR count). The van der Waals surface area contributed by atoms with Crippen LogP contribution in [0.4, 0.5) is 0 Å². The first-order valence-corrected chi connectivity index (χ1v) is 4.43. The first-order chi connectivity index (χ1) is 6.33. The van der Waals surface area contributed by atoms with Crippen LogP contribution in [0.2, 0.25) is 0 Å². The van der Waals surface area contributed by atoms with Crippen LogP contribution in [0.15, 0.2) is 0 Å². The highest BCUT2D eigenvalue weighted by Crippen LogP contribution is 2.04. The number of nitrogens with zero attached hydrogens (tertiary/aromatic N) is 3. The second-order valence-electron chi connectivity index (χ2n) is 2.82. The number of ether oxygens (including phenoxy) is 1. The minimum absolute atomic E-state index is 0.427. The molecule has 0 atom stereocenters. The Balaban J connectivity index is 2.85. The third-order valence-corrected chi connectivity index (χ3v) is 1.81. The predicted molar refractivity (Wildman–Crippen MR) is 48.9 cm³/mol. The summed E-state index contributed by atoms with van der Waals surface area (Å²) in [7, 11) is 1.65. The molecule has 0 bridgehead atoms. The summed E-state index contributed by atoms with van der Waals surface area (Å²) in [4.78, 5) is 0. The van der Waals surface area contributed by atoms with E-state index >= 15 is 0 Å². The standard InChI is InChI=1S/C8H16N4O/c1-3-4-12-7(5-9)10-11-8(12)6-13-2/h3-6,9H2,1-2H3. The Bertz CT molecular complexity index is 259. The topological polar surface area (TPSA) is 66.0 Å². The lowest BCUT2D eigenvalue weighted by Gasteiger charge is -2.06. The van der Waals surface area contributed by atoms with Crippen LogP contribution >= 0.6 is 0 Å². The van der Waals surface area contributed by atoms with Gasteiger partial charge in [0.05, 0.1) is 6.54 Å². The molecule has 0 aliphatic carbocycles. The van der Waals surface area contributed by atoms with Gasteiger partial charge in [-0.05, 0) is 6.42 Å². The predicted octanol–water partition coefficient (Wildman–Crippen LogP) is 0.293. The number of aromatic nitrogens is 3. The van der Waals surface area contributed by atoms with Crippen molar-refractivity contribution in [1.82, 2.24) is 14.8 Å². The van der Waals surface area contributed by atoms with Crippen molar-refractivity contribution in [3.8, 4) is 0 Å². The van der Waals surface area contributed by atoms with Crippen LogP contribution in [0.25, 0.3) is 0 Å². The summed E-state index contributed by atoms with van der Waals surface area (Å²) < 4.78 is 7.03. The molecule has 1 aromatic rings. The molecule has 13 heavy (non-hydrogen) atoms. The summed E-state index contributed by atoms with van der Waals surface area (Å²) in [6, 6.07) is 0. The van der Waals surface area contributed by atoms with Crippen LogP contribution in [0.1, 0.15) is 25.0 Å². The summed E-state index contributed by atoms with van der Waals surface area (Å²) in [6.07, 6.45) is 1.04. The van der Waals surface area contributed by atoms with Gasteiger partial charge >= 0.3 is 0 Å². The number of hydrogen-bond donors (Lipinski definition) is 1. The Kier molecular flexibility index (Phi) is 3.85. The zero-order valence-electron chi connectivity index (χ0n) is 8.16. The fourth-order valence-corrected chi connectivity index (χ4v) is 1.24. The zero-order chi connectivity index (χ0) is 9.68. The van der Waals surface area contributed by atoms with Gasteiger partial charge in [0.2, 0.25) is 0 Å². The first-order valence-electron chi connectivity index (χ1n) is 4.43. The average Bonchev–Trinajstić information content (AvgIpc) is 2.50. The van der Waals surface area contributed by atoms with Gasteiger partial charge in [0.1, 0.15) is 12.4 Å². The van der Waals surface area contributed by atoms with E-state index in [1.165, 1.54) is 0 Å². The van der Waals surface area contributed by atoms with Gasteiger partial charge in [-0.1, -0.05) is 6.92 Å². The molecular weight excluding hydrogens is 168 g/mol. The highest BCUT2D eigenvalue weighted by molar-refractivity contribution is 4.94. The lowest BCUT2D eigenvalue weighted by molar-refractivity contribution is 0.173. The molecular formula is C8H16N4O. The van der Waals surface area contributed by atoms with E-state index < -0.39 is 0 Å². The number of nitrogens with two attached hydrogens (primary N) is 1. The van der Waals surface area contributed by atoms with Crippen molar-refractivity contribution in [3.63, 3.8) is 0 Å². The van der Waals surface area contributed by atoms with Crippen LogP contribution in [-0.4, -0.2) is 21.9 Å². The molecule has 0 aliphatic rings. The van der Waals surface area contributed by atoms with Crippen molar-refractivity contribution in [1.29, 1.82) is 0 Å². The molecule has 2 N–H and O–H groups in total. The molecule has 5 heteroatoms. The molecule has 0 radical (unpaired) electrons. The van der Waals surface area contributed by atoms with Crippen molar-refractivity contribution in [2.24, 2.45) is 5.73 Å². The molecule has 0 unspecified atom stereocenters. The Hall–Kier alpha value is -0.940. The van der Waals surface area contributed by atoms with E-state index in [9.17, 15) is 0 Å². The quantitative estimate of drug-likeness (QED) is 0.714. The van der Waals surface area contributed by atoms with Gasteiger partial charge in [-0.15, -0.1) is 10.2 Å². The molecule has 1 heterocycles. The zero-order valence-corrected chi connectivity index (χ0v) is 8.16. The summed E-state index contributed by atoms with van der Waals surface area (Å²) >= 11 is 0. The van der Waals surface area contributed by atoms with Crippen LogP contribution in [-0.2, 0) is 24.4 Å². The van der Waals surface area contributed by atoms with E-state index in [1.54, 1.807) is 7.11 Å². The maximum Gasteiger partial charge on any atom is 0.159 e. The highest BCUT2D eigenvalue weighted by atomic mass is 16.5. The van der Waals surface area contributed by atoms with E-state index in [1.807, 2.05) is 4.57 Å². The largest absolute Gasteiger partial charge is 0.377 e. The van der Waals surface area contributed by atoms with Gasteiger partial charge in [0.15, 0.2) is 5.82 Å². The number of methoxy groups -OCH3 is 1. The minimum Gasteiger partial charge on any atom is -0.377 e. The number of hydrogen-bond acceptors (Lipinski definition) is 4. The van der Waals surface area contributed by atoms with Gasteiger partial charge in [-0.25, -0.2) is 0 Å². The van der Waals surface area contributed by atoms with Gasteiger partial charge in [-0.2, -0.15) is 0 Å². The molecule has 74 valence electrons. The molecule has 0 saturated heterocycles. The van der Waals surface area contributed by atoms with Crippen LogP contribution in [0.5, 0.6) is 0 Å². The summed E-state index contributed by atoms with van der Waals surface area (Å²) in [6.45, 7) is 3.93. The molecule has 0 saturated carbocycles. The number of rotatable bonds is 5. The second kappa shape index (κ2) is 4.94. The Labute approximate surface area is 77.9 Å². The average molecular weight is 184 g/mol. The fraction of sp³-hybridized carbons (Fsp3) is 0.750. The molecule has 5 nitrogen and oxygen atoms in total.